The molecule has 18 heavy (non-hydrogen) atoms. The van der Waals surface area contributed by atoms with Gasteiger partial charge in [-0.15, -0.1) is 0 Å². The lowest BCUT2D eigenvalue weighted by atomic mass is 10.1. The first-order valence-electron chi connectivity index (χ1n) is 5.57. The van der Waals surface area contributed by atoms with Gasteiger partial charge in [0.05, 0.1) is 0 Å². The van der Waals surface area contributed by atoms with Gasteiger partial charge in [-0.1, -0.05) is 6.07 Å². The summed E-state index contributed by atoms with van der Waals surface area (Å²) in [5, 5.41) is 3.84. The summed E-state index contributed by atoms with van der Waals surface area (Å²) in [6.45, 7) is 4.00. The largest absolute Gasteiger partial charge is 0.358 e. The molecule has 0 saturated heterocycles. The van der Waals surface area contributed by atoms with Gasteiger partial charge in [0.15, 0.2) is 0 Å². The number of nitrogens with zero attached hydrogens (tertiary/aromatic N) is 2. The maximum atomic E-state index is 13.4. The Morgan fingerprint density at radius 3 is 2.78 bits per heavy atom. The topological polar surface area (TPSA) is 37.8 Å². The van der Waals surface area contributed by atoms with E-state index in [1.54, 1.807) is 0 Å². The Morgan fingerprint density at radius 2 is 2.11 bits per heavy atom. The van der Waals surface area contributed by atoms with Crippen molar-refractivity contribution in [3.63, 3.8) is 0 Å². The number of aromatic nitrogens is 2. The molecule has 0 aliphatic heterocycles. The van der Waals surface area contributed by atoms with Crippen LogP contribution in [0.1, 0.15) is 25.2 Å². The van der Waals surface area contributed by atoms with Crippen molar-refractivity contribution >= 4 is 16.7 Å². The van der Waals surface area contributed by atoms with E-state index in [0.29, 0.717) is 16.5 Å². The van der Waals surface area contributed by atoms with Crippen LogP contribution >= 0.6 is 11.5 Å². The highest BCUT2D eigenvalue weighted by Crippen LogP contribution is 2.17. The lowest BCUT2D eigenvalue weighted by molar-refractivity contribution is 0.574. The molecule has 0 aliphatic carbocycles. The van der Waals surface area contributed by atoms with Crippen LogP contribution in [0.5, 0.6) is 0 Å². The van der Waals surface area contributed by atoms with Gasteiger partial charge in [-0.3, -0.25) is 0 Å². The number of nitrogens with one attached hydrogen (secondary N) is 1. The maximum absolute atomic E-state index is 13.4. The number of halogens is 2. The van der Waals surface area contributed by atoms with Crippen molar-refractivity contribution in [3.05, 3.63) is 41.2 Å². The van der Waals surface area contributed by atoms with Crippen LogP contribution in [0.3, 0.4) is 0 Å². The molecular formula is C12H13F2N3S. The van der Waals surface area contributed by atoms with E-state index < -0.39 is 11.6 Å². The summed E-state index contributed by atoms with van der Waals surface area (Å²) >= 11 is 1.24. The first-order chi connectivity index (χ1) is 8.54. The predicted molar refractivity (Wildman–Crippen MR) is 67.8 cm³/mol. The van der Waals surface area contributed by atoms with Crippen molar-refractivity contribution in [2.45, 2.75) is 26.3 Å². The molecule has 0 aliphatic rings. The molecule has 0 amide bonds. The molecule has 1 aromatic heterocycles. The van der Waals surface area contributed by atoms with E-state index in [1.165, 1.54) is 23.7 Å². The maximum Gasteiger partial charge on any atom is 0.202 e. The second-order valence-corrected chi connectivity index (χ2v) is 4.98. The number of hydrogen-bond acceptors (Lipinski definition) is 4. The van der Waals surface area contributed by atoms with Crippen LogP contribution < -0.4 is 5.32 Å². The molecule has 0 fully saturated rings. The van der Waals surface area contributed by atoms with E-state index in [4.69, 9.17) is 0 Å². The highest BCUT2D eigenvalue weighted by atomic mass is 32.1. The minimum absolute atomic E-state index is 0.266. The van der Waals surface area contributed by atoms with Crippen molar-refractivity contribution in [2.24, 2.45) is 0 Å². The van der Waals surface area contributed by atoms with Crippen LogP contribution in [-0.2, 0) is 6.42 Å². The van der Waals surface area contributed by atoms with E-state index in [0.717, 1.165) is 6.07 Å². The molecule has 0 atom stereocenters. The quantitative estimate of drug-likeness (QED) is 0.926. The highest BCUT2D eigenvalue weighted by molar-refractivity contribution is 7.09. The molecule has 3 nitrogen and oxygen atoms in total. The average Bonchev–Trinajstić information content (AvgIpc) is 2.69. The Morgan fingerprint density at radius 1 is 1.33 bits per heavy atom. The molecule has 1 aromatic carbocycles. The molecule has 0 bridgehead atoms. The minimum Gasteiger partial charge on any atom is -0.358 e. The monoisotopic (exact) mass is 269 g/mol. The Balaban J connectivity index is 2.11. The molecule has 2 rings (SSSR count). The molecule has 6 heteroatoms. The summed E-state index contributed by atoms with van der Waals surface area (Å²) in [4.78, 5) is 4.25. The second-order valence-electron chi connectivity index (χ2n) is 4.23. The molecule has 1 N–H and O–H groups in total. The Kier molecular flexibility index (Phi) is 3.86. The zero-order valence-electron chi connectivity index (χ0n) is 10.1. The number of rotatable bonds is 4. The van der Waals surface area contributed by atoms with Crippen molar-refractivity contribution in [1.29, 1.82) is 0 Å². The van der Waals surface area contributed by atoms with Crippen LogP contribution in [0.2, 0.25) is 0 Å². The first kappa shape index (κ1) is 12.9. The summed E-state index contributed by atoms with van der Waals surface area (Å²) < 4.78 is 30.3. The van der Waals surface area contributed by atoms with Crippen molar-refractivity contribution in [3.8, 4) is 0 Å². The number of benzene rings is 1. The minimum atomic E-state index is -0.579. The van der Waals surface area contributed by atoms with Gasteiger partial charge < -0.3 is 5.32 Å². The Bertz CT molecular complexity index is 540. The van der Waals surface area contributed by atoms with Gasteiger partial charge in [0.25, 0.3) is 0 Å². The zero-order chi connectivity index (χ0) is 13.1. The van der Waals surface area contributed by atoms with E-state index >= 15 is 0 Å². The highest BCUT2D eigenvalue weighted by Gasteiger charge is 2.09. The van der Waals surface area contributed by atoms with E-state index in [1.807, 2.05) is 13.8 Å². The third kappa shape index (κ3) is 3.22. The van der Waals surface area contributed by atoms with E-state index in [2.05, 4.69) is 14.7 Å². The smallest absolute Gasteiger partial charge is 0.202 e. The fourth-order valence-corrected chi connectivity index (χ4v) is 2.20. The van der Waals surface area contributed by atoms with Gasteiger partial charge in [-0.05, 0) is 25.5 Å². The fraction of sp³-hybridized carbons (Fsp3) is 0.333. The molecule has 0 unspecified atom stereocenters. The Hall–Kier alpha value is -1.56. The van der Waals surface area contributed by atoms with Crippen molar-refractivity contribution in [1.82, 2.24) is 9.36 Å². The summed E-state index contributed by atoms with van der Waals surface area (Å²) in [5.74, 6) is -0.610. The molecule has 96 valence electrons. The van der Waals surface area contributed by atoms with E-state index in [9.17, 15) is 8.78 Å². The van der Waals surface area contributed by atoms with Crippen molar-refractivity contribution < 1.29 is 8.78 Å². The summed E-state index contributed by atoms with van der Waals surface area (Å²) in [5.41, 5.74) is 0.394. The van der Waals surface area contributed by atoms with Crippen LogP contribution in [0.25, 0.3) is 0 Å². The molecular weight excluding hydrogens is 256 g/mol. The standard InChI is InChI=1S/C12H13F2N3S/c1-7(2)15-12-16-11(17-18-12)5-8-3-4-9(13)6-10(8)14/h3-4,6-7H,5H2,1-2H3,(H,15,16,17). The lowest BCUT2D eigenvalue weighted by Crippen LogP contribution is -2.09. The van der Waals surface area contributed by atoms with Gasteiger partial charge >= 0.3 is 0 Å². The van der Waals surface area contributed by atoms with Gasteiger partial charge in [0.2, 0.25) is 5.13 Å². The van der Waals surface area contributed by atoms with Crippen LogP contribution in [0.15, 0.2) is 18.2 Å². The van der Waals surface area contributed by atoms with Gasteiger partial charge in [-0.2, -0.15) is 4.37 Å². The van der Waals surface area contributed by atoms with Crippen LogP contribution in [0, 0.1) is 11.6 Å². The Labute approximate surface area is 108 Å². The van der Waals surface area contributed by atoms with Crippen LogP contribution in [0.4, 0.5) is 13.9 Å². The zero-order valence-corrected chi connectivity index (χ0v) is 10.9. The lowest BCUT2D eigenvalue weighted by Gasteiger charge is -2.03. The van der Waals surface area contributed by atoms with Gasteiger partial charge in [0.1, 0.15) is 17.5 Å². The molecule has 1 heterocycles. The first-order valence-corrected chi connectivity index (χ1v) is 6.35. The summed E-state index contributed by atoms with van der Waals surface area (Å²) in [7, 11) is 0. The number of hydrogen-bond donors (Lipinski definition) is 1. The SMILES string of the molecule is CC(C)Nc1nc(Cc2ccc(F)cc2F)ns1. The third-order valence-corrected chi connectivity index (χ3v) is 2.93. The molecule has 0 radical (unpaired) electrons. The van der Waals surface area contributed by atoms with E-state index in [-0.39, 0.29) is 12.5 Å². The summed E-state index contributed by atoms with van der Waals surface area (Å²) in [6.07, 6.45) is 0.266. The normalized spacial score (nSPS) is 10.9. The predicted octanol–water partition coefficient (Wildman–Crippen LogP) is 3.23. The molecule has 2 aromatic rings. The number of anilines is 1. The fourth-order valence-electron chi connectivity index (χ4n) is 1.47. The second kappa shape index (κ2) is 5.39. The third-order valence-electron chi connectivity index (χ3n) is 2.24. The summed E-state index contributed by atoms with van der Waals surface area (Å²) in [6, 6.07) is 3.79. The van der Waals surface area contributed by atoms with Gasteiger partial charge in [-0.25, -0.2) is 13.8 Å². The van der Waals surface area contributed by atoms with Crippen molar-refractivity contribution in [2.75, 3.05) is 5.32 Å². The van der Waals surface area contributed by atoms with Crippen LogP contribution in [-0.4, -0.2) is 15.4 Å². The van der Waals surface area contributed by atoms with Gasteiger partial charge in [0, 0.05) is 30.1 Å². The molecule has 0 spiro atoms. The average molecular weight is 269 g/mol. The molecule has 0 saturated carbocycles.